The molecule has 0 bridgehead atoms. The van der Waals surface area contributed by atoms with Crippen LogP contribution in [0, 0.1) is 0 Å². The summed E-state index contributed by atoms with van der Waals surface area (Å²) >= 11 is 6.92. The van der Waals surface area contributed by atoms with E-state index >= 15 is 0 Å². The van der Waals surface area contributed by atoms with Gasteiger partial charge in [-0.3, -0.25) is 0 Å². The molecule has 6 heteroatoms. The van der Waals surface area contributed by atoms with Gasteiger partial charge in [-0.2, -0.15) is 0 Å². The van der Waals surface area contributed by atoms with Gasteiger partial charge in [0.2, 0.25) is 5.69 Å². The second kappa shape index (κ2) is 8.06. The zero-order chi connectivity index (χ0) is 12.8. The quantitative estimate of drug-likeness (QED) is 0.493. The Morgan fingerprint density at radius 3 is 1.69 bits per heavy atom. The van der Waals surface area contributed by atoms with E-state index in [1.165, 1.54) is 11.4 Å². The first-order valence-electron chi connectivity index (χ1n) is 5.48. The first-order valence-corrected chi connectivity index (χ1v) is 9.71. The topological polar surface area (TPSA) is 27.7 Å². The van der Waals surface area contributed by atoms with E-state index in [9.17, 15) is 0 Å². The van der Waals surface area contributed by atoms with Crippen molar-refractivity contribution in [2.24, 2.45) is 0 Å². The first-order chi connectivity index (χ1) is 7.25. The van der Waals surface area contributed by atoms with Gasteiger partial charge in [0.05, 0.1) is 18.3 Å². The van der Waals surface area contributed by atoms with Crippen LogP contribution in [0.1, 0.15) is 41.5 Å². The van der Waals surface area contributed by atoms with Crippen LogP contribution in [-0.2, 0) is 25.6 Å². The summed E-state index contributed by atoms with van der Waals surface area (Å²) in [6.45, 7) is 11.9. The Morgan fingerprint density at radius 1 is 0.938 bits per heavy atom. The highest BCUT2D eigenvalue weighted by Crippen LogP contribution is 2.62. The lowest BCUT2D eigenvalue weighted by molar-refractivity contribution is 0.120. The Labute approximate surface area is 109 Å². The molecule has 0 aromatic carbocycles. The van der Waals surface area contributed by atoms with Crippen molar-refractivity contribution >= 4 is 28.9 Å². The maximum Gasteiger partial charge on any atom is 0.250 e. The number of hydrogen-bond donors (Lipinski definition) is 0. The minimum absolute atomic E-state index is 0.0798. The molecular weight excluding hydrogens is 263 g/mol. The predicted octanol–water partition coefficient (Wildman–Crippen LogP) is 4.18. The molecule has 98 valence electrons. The third-order valence-corrected chi connectivity index (χ3v) is 6.46. The average molecular weight is 286 g/mol. The van der Waals surface area contributed by atoms with E-state index in [1.54, 1.807) is 0 Å². The lowest BCUT2D eigenvalue weighted by atomic mass is 10.5. The number of ether oxygens (including phenoxy) is 1. The van der Waals surface area contributed by atoms with Crippen molar-refractivity contribution in [1.29, 1.82) is 0 Å². The van der Waals surface area contributed by atoms with Crippen molar-refractivity contribution in [3.05, 3.63) is 0 Å². The molecule has 0 N–H and O–H groups in total. The molecule has 0 saturated carbocycles. The molecule has 0 amide bonds. The summed E-state index contributed by atoms with van der Waals surface area (Å²) in [5.74, 6) is 0.522. The second-order valence-electron chi connectivity index (χ2n) is 4.22. The fourth-order valence-electron chi connectivity index (χ4n) is 0.833. The van der Waals surface area contributed by atoms with Crippen molar-refractivity contribution in [2.45, 2.75) is 59.9 Å². The van der Waals surface area contributed by atoms with Crippen LogP contribution < -0.4 is 0 Å². The van der Waals surface area contributed by atoms with Gasteiger partial charge in [-0.05, 0) is 64.7 Å². The van der Waals surface area contributed by atoms with Crippen LogP contribution in [0.3, 0.4) is 0 Å². The third kappa shape index (κ3) is 8.97. The molecule has 0 aromatic rings. The Hall–Kier alpha value is 0.880. The molecule has 0 heterocycles. The van der Waals surface area contributed by atoms with Crippen molar-refractivity contribution in [2.75, 3.05) is 5.94 Å². The Kier molecular flexibility index (Phi) is 8.51. The maximum atomic E-state index is 5.72. The zero-order valence-corrected chi connectivity index (χ0v) is 13.5. The standard InChI is InChI=1S/C10H23O3PS2/c1-8(2)11-7-16-14(15,12-9(3)4)13-10(5)6/h8-10H,7H2,1-6H3. The van der Waals surface area contributed by atoms with Gasteiger partial charge in [0, 0.05) is 0 Å². The molecule has 3 nitrogen and oxygen atoms in total. The van der Waals surface area contributed by atoms with Crippen molar-refractivity contribution in [1.82, 2.24) is 0 Å². The van der Waals surface area contributed by atoms with Gasteiger partial charge >= 0.3 is 0 Å². The van der Waals surface area contributed by atoms with E-state index in [2.05, 4.69) is 0 Å². The highest BCUT2D eigenvalue weighted by molar-refractivity contribution is 8.67. The highest BCUT2D eigenvalue weighted by Gasteiger charge is 2.23. The van der Waals surface area contributed by atoms with Crippen LogP contribution in [0.5, 0.6) is 0 Å². The summed E-state index contributed by atoms with van der Waals surface area (Å²) < 4.78 is 16.9. The molecule has 0 aliphatic carbocycles. The zero-order valence-electron chi connectivity index (χ0n) is 10.9. The van der Waals surface area contributed by atoms with E-state index < -0.39 is 5.69 Å². The van der Waals surface area contributed by atoms with Crippen molar-refractivity contribution < 1.29 is 13.8 Å². The van der Waals surface area contributed by atoms with Crippen molar-refractivity contribution in [3.63, 3.8) is 0 Å². The minimum atomic E-state index is -2.26. The van der Waals surface area contributed by atoms with Crippen LogP contribution in [0.4, 0.5) is 0 Å². The Balaban J connectivity index is 4.25. The summed E-state index contributed by atoms with van der Waals surface area (Å²) in [5.41, 5.74) is -2.26. The van der Waals surface area contributed by atoms with E-state index in [0.29, 0.717) is 5.94 Å². The molecule has 0 saturated heterocycles. The predicted molar refractivity (Wildman–Crippen MR) is 75.4 cm³/mol. The summed E-state index contributed by atoms with van der Waals surface area (Å²) in [7, 11) is 0. The molecular formula is C10H23O3PS2. The largest absolute Gasteiger partial charge is 0.368 e. The van der Waals surface area contributed by atoms with Gasteiger partial charge < -0.3 is 13.8 Å². The molecule has 0 aliphatic heterocycles. The molecule has 0 unspecified atom stereocenters. The van der Waals surface area contributed by atoms with Gasteiger partial charge in [-0.15, -0.1) is 0 Å². The normalized spacial score (nSPS) is 13.1. The molecule has 0 fully saturated rings. The van der Waals surface area contributed by atoms with Crippen molar-refractivity contribution in [3.8, 4) is 0 Å². The van der Waals surface area contributed by atoms with Crippen LogP contribution in [-0.4, -0.2) is 24.3 Å². The lowest BCUT2D eigenvalue weighted by Gasteiger charge is -2.25. The fraction of sp³-hybridized carbons (Fsp3) is 1.00. The first kappa shape index (κ1) is 16.9. The molecule has 0 radical (unpaired) electrons. The van der Waals surface area contributed by atoms with Gasteiger partial charge in [-0.25, -0.2) is 0 Å². The fourth-order valence-corrected chi connectivity index (χ4v) is 5.89. The molecule has 0 rings (SSSR count). The monoisotopic (exact) mass is 286 g/mol. The van der Waals surface area contributed by atoms with Gasteiger partial charge in [0.15, 0.2) is 0 Å². The SMILES string of the molecule is CC(C)OCSP(=S)(OC(C)C)OC(C)C. The van der Waals surface area contributed by atoms with Gasteiger partial charge in [-0.1, -0.05) is 0 Å². The van der Waals surface area contributed by atoms with Crippen LogP contribution in [0.25, 0.3) is 0 Å². The summed E-state index contributed by atoms with van der Waals surface area (Å²) in [6, 6.07) is 0. The Morgan fingerprint density at radius 2 is 1.38 bits per heavy atom. The summed E-state index contributed by atoms with van der Waals surface area (Å²) in [6.07, 6.45) is 0.362. The molecule has 0 spiro atoms. The highest BCUT2D eigenvalue weighted by atomic mass is 32.9. The smallest absolute Gasteiger partial charge is 0.250 e. The lowest BCUT2D eigenvalue weighted by Crippen LogP contribution is -2.07. The minimum Gasteiger partial charge on any atom is -0.368 e. The molecule has 0 atom stereocenters. The van der Waals surface area contributed by atoms with Crippen LogP contribution in [0.2, 0.25) is 0 Å². The van der Waals surface area contributed by atoms with Gasteiger partial charge in [0.25, 0.3) is 0 Å². The second-order valence-corrected chi connectivity index (χ2v) is 10.4. The Bertz CT molecular complexity index is 218. The third-order valence-electron chi connectivity index (χ3n) is 1.29. The van der Waals surface area contributed by atoms with E-state index in [1.807, 2.05) is 41.5 Å². The molecule has 16 heavy (non-hydrogen) atoms. The number of hydrogen-bond acceptors (Lipinski definition) is 5. The van der Waals surface area contributed by atoms with E-state index in [0.717, 1.165) is 0 Å². The van der Waals surface area contributed by atoms with Crippen LogP contribution in [0.15, 0.2) is 0 Å². The summed E-state index contributed by atoms with van der Waals surface area (Å²) in [5, 5.41) is 0. The average Bonchev–Trinajstić information content (AvgIpc) is 1.98. The maximum absolute atomic E-state index is 5.72. The van der Waals surface area contributed by atoms with Gasteiger partial charge in [0.1, 0.15) is 5.94 Å². The number of rotatable bonds is 8. The van der Waals surface area contributed by atoms with E-state index in [-0.39, 0.29) is 18.3 Å². The van der Waals surface area contributed by atoms with Crippen LogP contribution >= 0.6 is 17.1 Å². The molecule has 0 aromatic heterocycles. The molecule has 0 aliphatic rings. The van der Waals surface area contributed by atoms with E-state index in [4.69, 9.17) is 25.6 Å². The summed E-state index contributed by atoms with van der Waals surface area (Å²) in [4.78, 5) is 0.